The first-order valence-electron chi connectivity index (χ1n) is 10.0. The number of likely N-dealkylation sites (N-methyl/N-ethyl adjacent to an activating group) is 1. The van der Waals surface area contributed by atoms with Gasteiger partial charge in [-0.25, -0.2) is 4.99 Å². The number of carbonyl (C=O) groups is 1. The summed E-state index contributed by atoms with van der Waals surface area (Å²) in [5.74, 6) is 3.21. The van der Waals surface area contributed by atoms with Crippen LogP contribution in [-0.4, -0.2) is 50.1 Å². The monoisotopic (exact) mass is 372 g/mol. The van der Waals surface area contributed by atoms with Gasteiger partial charge >= 0.3 is 0 Å². The molecule has 0 aromatic heterocycles. The molecule has 2 fully saturated rings. The van der Waals surface area contributed by atoms with Gasteiger partial charge in [-0.2, -0.15) is 0 Å². The van der Waals surface area contributed by atoms with Crippen molar-refractivity contribution < 1.29 is 9.53 Å². The molecule has 2 N–H and O–H groups in total. The van der Waals surface area contributed by atoms with Gasteiger partial charge < -0.3 is 20.3 Å². The molecule has 3 atom stereocenters. The predicted octanol–water partition coefficient (Wildman–Crippen LogP) is 2.40. The highest BCUT2D eigenvalue weighted by Gasteiger charge is 2.39. The number of ether oxygens (including phenoxy) is 1. The molecular formula is C21H32N4O2. The van der Waals surface area contributed by atoms with Crippen LogP contribution in [0.3, 0.4) is 0 Å². The molecule has 1 aromatic carbocycles. The van der Waals surface area contributed by atoms with Crippen LogP contribution in [0.1, 0.15) is 38.2 Å². The standard InChI is InChI=1S/C21H32N4O2/c1-4-27-19-8-6-5-7-17(19)13-22-21(23-14-20(26)25(2)3)24-18-12-15-9-10-16(18)11-15/h5-8,15-16,18H,4,9-14H2,1-3H3,(H2,22,23,24). The number of amides is 1. The summed E-state index contributed by atoms with van der Waals surface area (Å²) in [6.07, 6.45) is 5.21. The number of fused-ring (bicyclic) bond motifs is 2. The van der Waals surface area contributed by atoms with E-state index in [-0.39, 0.29) is 12.5 Å². The van der Waals surface area contributed by atoms with Crippen LogP contribution in [0, 0.1) is 11.8 Å². The Morgan fingerprint density at radius 3 is 2.74 bits per heavy atom. The predicted molar refractivity (Wildman–Crippen MR) is 108 cm³/mol. The second kappa shape index (κ2) is 9.11. The summed E-state index contributed by atoms with van der Waals surface area (Å²) in [6.45, 7) is 3.37. The van der Waals surface area contributed by atoms with Crippen molar-refractivity contribution in [1.82, 2.24) is 15.5 Å². The van der Waals surface area contributed by atoms with Crippen molar-refractivity contribution in [3.63, 3.8) is 0 Å². The van der Waals surface area contributed by atoms with Crippen molar-refractivity contribution in [2.24, 2.45) is 16.8 Å². The molecule has 0 heterocycles. The molecule has 2 saturated carbocycles. The van der Waals surface area contributed by atoms with Gasteiger partial charge in [-0.05, 0) is 44.1 Å². The molecule has 0 aliphatic heterocycles. The Kier molecular flexibility index (Phi) is 6.58. The molecule has 1 aromatic rings. The summed E-state index contributed by atoms with van der Waals surface area (Å²) in [4.78, 5) is 18.3. The van der Waals surface area contributed by atoms with E-state index in [1.165, 1.54) is 25.7 Å². The van der Waals surface area contributed by atoms with Crippen molar-refractivity contribution in [3.05, 3.63) is 29.8 Å². The van der Waals surface area contributed by atoms with Gasteiger partial charge in [0.25, 0.3) is 0 Å². The maximum atomic E-state index is 12.0. The van der Waals surface area contributed by atoms with Gasteiger partial charge in [0.1, 0.15) is 5.75 Å². The smallest absolute Gasteiger partial charge is 0.241 e. The minimum absolute atomic E-state index is 0.0344. The summed E-state index contributed by atoms with van der Waals surface area (Å²) >= 11 is 0. The largest absolute Gasteiger partial charge is 0.494 e. The first-order chi connectivity index (χ1) is 13.1. The Morgan fingerprint density at radius 2 is 2.07 bits per heavy atom. The molecule has 3 unspecified atom stereocenters. The highest BCUT2D eigenvalue weighted by molar-refractivity contribution is 5.86. The van der Waals surface area contributed by atoms with E-state index in [0.717, 1.165) is 23.1 Å². The van der Waals surface area contributed by atoms with Crippen molar-refractivity contribution in [2.75, 3.05) is 27.2 Å². The molecule has 6 heteroatoms. The van der Waals surface area contributed by atoms with Crippen LogP contribution in [0.15, 0.2) is 29.3 Å². The molecule has 3 rings (SSSR count). The van der Waals surface area contributed by atoms with Crippen LogP contribution in [0.2, 0.25) is 0 Å². The number of carbonyl (C=O) groups excluding carboxylic acids is 1. The number of para-hydroxylation sites is 1. The number of nitrogens with one attached hydrogen (secondary N) is 2. The highest BCUT2D eigenvalue weighted by Crippen LogP contribution is 2.44. The molecule has 27 heavy (non-hydrogen) atoms. The minimum atomic E-state index is 0.0344. The van der Waals surface area contributed by atoms with Crippen LogP contribution in [0.25, 0.3) is 0 Å². The number of hydrogen-bond acceptors (Lipinski definition) is 3. The summed E-state index contributed by atoms with van der Waals surface area (Å²) in [5.41, 5.74) is 1.05. The minimum Gasteiger partial charge on any atom is -0.494 e. The van der Waals surface area contributed by atoms with E-state index >= 15 is 0 Å². The molecule has 0 saturated heterocycles. The third kappa shape index (κ3) is 5.15. The lowest BCUT2D eigenvalue weighted by Crippen LogP contribution is -2.48. The first-order valence-corrected chi connectivity index (χ1v) is 10.0. The van der Waals surface area contributed by atoms with E-state index in [1.807, 2.05) is 31.2 Å². The molecule has 6 nitrogen and oxygen atoms in total. The van der Waals surface area contributed by atoms with E-state index < -0.39 is 0 Å². The lowest BCUT2D eigenvalue weighted by atomic mass is 9.95. The summed E-state index contributed by atoms with van der Waals surface area (Å²) < 4.78 is 5.70. The Bertz CT molecular complexity index is 674. The van der Waals surface area contributed by atoms with E-state index in [2.05, 4.69) is 10.6 Å². The summed E-state index contributed by atoms with van der Waals surface area (Å²) in [6, 6.07) is 8.45. The highest BCUT2D eigenvalue weighted by atomic mass is 16.5. The quantitative estimate of drug-likeness (QED) is 0.570. The zero-order valence-corrected chi connectivity index (χ0v) is 16.7. The van der Waals surface area contributed by atoms with Gasteiger partial charge in [0.05, 0.1) is 19.7 Å². The van der Waals surface area contributed by atoms with Crippen LogP contribution in [0.4, 0.5) is 0 Å². The second-order valence-electron chi connectivity index (χ2n) is 7.77. The summed E-state index contributed by atoms with van der Waals surface area (Å²) in [5, 5.41) is 6.81. The van der Waals surface area contributed by atoms with Crippen LogP contribution in [0.5, 0.6) is 5.75 Å². The molecular weight excluding hydrogens is 340 g/mol. The fourth-order valence-electron chi connectivity index (χ4n) is 4.16. The van der Waals surface area contributed by atoms with Crippen molar-refractivity contribution in [1.29, 1.82) is 0 Å². The maximum absolute atomic E-state index is 12.0. The number of aliphatic imine (C=N–C) groups is 1. The molecule has 0 spiro atoms. The Morgan fingerprint density at radius 1 is 1.26 bits per heavy atom. The average molecular weight is 373 g/mol. The van der Waals surface area contributed by atoms with Gasteiger partial charge in [0.15, 0.2) is 5.96 Å². The van der Waals surface area contributed by atoms with E-state index in [1.54, 1.807) is 19.0 Å². The Hall–Kier alpha value is -2.24. The van der Waals surface area contributed by atoms with Gasteiger partial charge in [-0.15, -0.1) is 0 Å². The molecule has 2 bridgehead atoms. The lowest BCUT2D eigenvalue weighted by molar-refractivity contribution is -0.127. The Labute approximate surface area is 162 Å². The van der Waals surface area contributed by atoms with Crippen molar-refractivity contribution >= 4 is 11.9 Å². The van der Waals surface area contributed by atoms with Gasteiger partial charge in [-0.3, -0.25) is 4.79 Å². The number of benzene rings is 1. The molecule has 1 amide bonds. The molecule has 0 radical (unpaired) electrons. The van der Waals surface area contributed by atoms with Gasteiger partial charge in [0, 0.05) is 25.7 Å². The van der Waals surface area contributed by atoms with E-state index in [4.69, 9.17) is 9.73 Å². The van der Waals surface area contributed by atoms with E-state index in [0.29, 0.717) is 25.2 Å². The van der Waals surface area contributed by atoms with Gasteiger partial charge in [0.2, 0.25) is 5.91 Å². The fraction of sp³-hybridized carbons (Fsp3) is 0.619. The van der Waals surface area contributed by atoms with Crippen LogP contribution >= 0.6 is 0 Å². The zero-order chi connectivity index (χ0) is 19.2. The van der Waals surface area contributed by atoms with E-state index in [9.17, 15) is 4.79 Å². The fourth-order valence-corrected chi connectivity index (χ4v) is 4.16. The number of nitrogens with zero attached hydrogens (tertiary/aromatic N) is 2. The zero-order valence-electron chi connectivity index (χ0n) is 16.7. The average Bonchev–Trinajstić information content (AvgIpc) is 3.28. The molecule has 148 valence electrons. The maximum Gasteiger partial charge on any atom is 0.241 e. The normalized spacial score (nSPS) is 24.0. The van der Waals surface area contributed by atoms with Crippen LogP contribution in [-0.2, 0) is 11.3 Å². The second-order valence-corrected chi connectivity index (χ2v) is 7.77. The third-order valence-electron chi connectivity index (χ3n) is 5.65. The molecule has 2 aliphatic carbocycles. The number of guanidine groups is 1. The first kappa shape index (κ1) is 19.5. The number of rotatable bonds is 7. The lowest BCUT2D eigenvalue weighted by Gasteiger charge is -2.25. The topological polar surface area (TPSA) is 66.0 Å². The summed E-state index contributed by atoms with van der Waals surface area (Å²) in [7, 11) is 3.53. The SMILES string of the molecule is CCOc1ccccc1CN=C(NCC(=O)N(C)C)NC1CC2CCC1C2. The number of hydrogen-bond donors (Lipinski definition) is 2. The third-order valence-corrected chi connectivity index (χ3v) is 5.65. The van der Waals surface area contributed by atoms with Gasteiger partial charge in [-0.1, -0.05) is 24.6 Å². The molecule has 2 aliphatic rings. The van der Waals surface area contributed by atoms with Crippen LogP contribution < -0.4 is 15.4 Å². The Balaban J connectivity index is 1.68. The van der Waals surface area contributed by atoms with Crippen molar-refractivity contribution in [3.8, 4) is 5.75 Å². The van der Waals surface area contributed by atoms with Crippen molar-refractivity contribution in [2.45, 2.75) is 45.2 Å².